The third-order valence-corrected chi connectivity index (χ3v) is 2.87. The molecule has 112 valence electrons. The highest BCUT2D eigenvalue weighted by Crippen LogP contribution is 2.32. The van der Waals surface area contributed by atoms with Crippen molar-refractivity contribution in [1.82, 2.24) is 0 Å². The molecular formula is C14H21ClN2O3. The lowest BCUT2D eigenvalue weighted by Crippen LogP contribution is -2.36. The zero-order valence-electron chi connectivity index (χ0n) is 12.2. The van der Waals surface area contributed by atoms with Crippen molar-refractivity contribution in [2.45, 2.75) is 26.3 Å². The number of ether oxygens (including phenoxy) is 2. The highest BCUT2D eigenvalue weighted by atomic mass is 35.5. The molecule has 1 rings (SSSR count). The summed E-state index contributed by atoms with van der Waals surface area (Å²) in [6.45, 7) is 6.37. The molecule has 0 atom stereocenters. The summed E-state index contributed by atoms with van der Waals surface area (Å²) in [6.07, 6.45) is 0. The normalized spacial score (nSPS) is 11.2. The molecule has 0 spiro atoms. The zero-order valence-corrected chi connectivity index (χ0v) is 13.0. The molecule has 20 heavy (non-hydrogen) atoms. The Labute approximate surface area is 124 Å². The topological polar surface area (TPSA) is 73.6 Å². The van der Waals surface area contributed by atoms with Crippen molar-refractivity contribution >= 4 is 28.9 Å². The number of nitrogens with two attached hydrogens (primary N) is 1. The Balaban J connectivity index is 3.19. The van der Waals surface area contributed by atoms with Crippen LogP contribution in [0.5, 0.6) is 0 Å². The SMILES string of the molecule is CCOC(=O)c1cc(N)cc(Cl)c1NC(C)(C)COC. The Hall–Kier alpha value is -1.46. The first kappa shape index (κ1) is 16.6. The fourth-order valence-electron chi connectivity index (χ4n) is 1.86. The number of hydrogen-bond donors (Lipinski definition) is 2. The van der Waals surface area contributed by atoms with Gasteiger partial charge in [-0.2, -0.15) is 0 Å². The summed E-state index contributed by atoms with van der Waals surface area (Å²) in [5, 5.41) is 3.58. The molecule has 6 heteroatoms. The van der Waals surface area contributed by atoms with Crippen molar-refractivity contribution in [3.05, 3.63) is 22.7 Å². The highest BCUT2D eigenvalue weighted by Gasteiger charge is 2.23. The van der Waals surface area contributed by atoms with Crippen LogP contribution in [0.4, 0.5) is 11.4 Å². The molecule has 5 nitrogen and oxygen atoms in total. The van der Waals surface area contributed by atoms with Gasteiger partial charge in [-0.3, -0.25) is 0 Å². The average molecular weight is 301 g/mol. The van der Waals surface area contributed by atoms with Crippen molar-refractivity contribution in [3.63, 3.8) is 0 Å². The molecule has 0 aliphatic rings. The summed E-state index contributed by atoms with van der Waals surface area (Å²) in [5.74, 6) is -0.461. The molecule has 0 radical (unpaired) electrons. The summed E-state index contributed by atoms with van der Waals surface area (Å²) in [6, 6.07) is 3.14. The molecule has 3 N–H and O–H groups in total. The van der Waals surface area contributed by atoms with Gasteiger partial charge in [-0.25, -0.2) is 4.79 Å². The van der Waals surface area contributed by atoms with Crippen molar-refractivity contribution in [2.75, 3.05) is 31.4 Å². The number of nitrogen functional groups attached to an aromatic ring is 1. The van der Waals surface area contributed by atoms with Crippen LogP contribution in [0.15, 0.2) is 12.1 Å². The number of rotatable bonds is 6. The predicted octanol–water partition coefficient (Wildman–Crippen LogP) is 2.94. The smallest absolute Gasteiger partial charge is 0.340 e. The maximum atomic E-state index is 12.0. The van der Waals surface area contributed by atoms with Gasteiger partial charge in [0.15, 0.2) is 0 Å². The van der Waals surface area contributed by atoms with Crippen LogP contribution < -0.4 is 11.1 Å². The van der Waals surface area contributed by atoms with Crippen molar-refractivity contribution < 1.29 is 14.3 Å². The zero-order chi connectivity index (χ0) is 15.3. The Morgan fingerprint density at radius 3 is 2.65 bits per heavy atom. The summed E-state index contributed by atoms with van der Waals surface area (Å²) in [5.41, 5.74) is 6.58. The van der Waals surface area contributed by atoms with Gasteiger partial charge >= 0.3 is 5.97 Å². The van der Waals surface area contributed by atoms with Crippen LogP contribution in [-0.2, 0) is 9.47 Å². The Morgan fingerprint density at radius 1 is 1.45 bits per heavy atom. The maximum Gasteiger partial charge on any atom is 0.340 e. The predicted molar refractivity (Wildman–Crippen MR) is 81.4 cm³/mol. The molecule has 0 bridgehead atoms. The van der Waals surface area contributed by atoms with E-state index in [0.717, 1.165) is 0 Å². The maximum absolute atomic E-state index is 12.0. The van der Waals surface area contributed by atoms with E-state index in [9.17, 15) is 4.79 Å². The van der Waals surface area contributed by atoms with E-state index in [1.54, 1.807) is 26.2 Å². The number of benzene rings is 1. The molecule has 0 aromatic heterocycles. The first-order valence-electron chi connectivity index (χ1n) is 6.34. The second-order valence-corrected chi connectivity index (χ2v) is 5.49. The number of carbonyl (C=O) groups is 1. The summed E-state index contributed by atoms with van der Waals surface area (Å²) < 4.78 is 10.2. The van der Waals surface area contributed by atoms with Crippen LogP contribution in [0.25, 0.3) is 0 Å². The van der Waals surface area contributed by atoms with Gasteiger partial charge in [0, 0.05) is 12.8 Å². The van der Waals surface area contributed by atoms with Crippen molar-refractivity contribution in [2.24, 2.45) is 0 Å². The first-order chi connectivity index (χ1) is 9.30. The summed E-state index contributed by atoms with van der Waals surface area (Å²) in [7, 11) is 1.61. The van der Waals surface area contributed by atoms with E-state index in [-0.39, 0.29) is 6.61 Å². The van der Waals surface area contributed by atoms with E-state index in [4.69, 9.17) is 26.8 Å². The fraction of sp³-hybridized carbons (Fsp3) is 0.500. The second kappa shape index (κ2) is 6.81. The number of esters is 1. The van der Waals surface area contributed by atoms with Gasteiger partial charge in [0.1, 0.15) is 0 Å². The molecule has 0 saturated carbocycles. The number of carbonyl (C=O) groups excluding carboxylic acids is 1. The van der Waals surface area contributed by atoms with E-state index < -0.39 is 11.5 Å². The quantitative estimate of drug-likeness (QED) is 0.624. The van der Waals surface area contributed by atoms with E-state index >= 15 is 0 Å². The number of anilines is 2. The standard InChI is InChI=1S/C14H21ClN2O3/c1-5-20-13(18)10-6-9(16)7-11(15)12(10)17-14(2,3)8-19-4/h6-7,17H,5,8,16H2,1-4H3. The summed E-state index contributed by atoms with van der Waals surface area (Å²) >= 11 is 6.19. The molecule has 0 fully saturated rings. The molecule has 0 amide bonds. The second-order valence-electron chi connectivity index (χ2n) is 5.09. The number of methoxy groups -OCH3 is 1. The molecule has 0 aliphatic heterocycles. The van der Waals surface area contributed by atoms with E-state index in [1.165, 1.54) is 0 Å². The van der Waals surface area contributed by atoms with Gasteiger partial charge in [0.25, 0.3) is 0 Å². The number of nitrogens with one attached hydrogen (secondary N) is 1. The van der Waals surface area contributed by atoms with Crippen molar-refractivity contribution in [1.29, 1.82) is 0 Å². The Kier molecular flexibility index (Phi) is 5.65. The average Bonchev–Trinajstić information content (AvgIpc) is 2.32. The van der Waals surface area contributed by atoms with Gasteiger partial charge < -0.3 is 20.5 Å². The molecular weight excluding hydrogens is 280 g/mol. The van der Waals surface area contributed by atoms with E-state index in [0.29, 0.717) is 28.6 Å². The lowest BCUT2D eigenvalue weighted by atomic mass is 10.0. The molecule has 0 heterocycles. The minimum Gasteiger partial charge on any atom is -0.462 e. The van der Waals surface area contributed by atoms with Gasteiger partial charge in [-0.1, -0.05) is 11.6 Å². The van der Waals surface area contributed by atoms with E-state index in [2.05, 4.69) is 5.32 Å². The van der Waals surface area contributed by atoms with Crippen LogP contribution in [-0.4, -0.2) is 31.8 Å². The molecule has 0 aliphatic carbocycles. The monoisotopic (exact) mass is 300 g/mol. The lowest BCUT2D eigenvalue weighted by molar-refractivity contribution is 0.0527. The van der Waals surface area contributed by atoms with E-state index in [1.807, 2.05) is 13.8 Å². The first-order valence-corrected chi connectivity index (χ1v) is 6.71. The minimum atomic E-state index is -0.461. The minimum absolute atomic E-state index is 0.284. The van der Waals surface area contributed by atoms with Gasteiger partial charge in [0.2, 0.25) is 0 Å². The number of hydrogen-bond acceptors (Lipinski definition) is 5. The largest absolute Gasteiger partial charge is 0.462 e. The van der Waals surface area contributed by atoms with Crippen molar-refractivity contribution in [3.8, 4) is 0 Å². The van der Waals surface area contributed by atoms with Gasteiger partial charge in [-0.15, -0.1) is 0 Å². The fourth-order valence-corrected chi connectivity index (χ4v) is 2.13. The van der Waals surface area contributed by atoms with Crippen LogP contribution in [0.2, 0.25) is 5.02 Å². The van der Waals surface area contributed by atoms with Crippen LogP contribution in [0.3, 0.4) is 0 Å². The molecule has 0 saturated heterocycles. The third-order valence-electron chi connectivity index (χ3n) is 2.58. The van der Waals surface area contributed by atoms with Crippen LogP contribution >= 0.6 is 11.6 Å². The lowest BCUT2D eigenvalue weighted by Gasteiger charge is -2.28. The van der Waals surface area contributed by atoms with Gasteiger partial charge in [0.05, 0.1) is 35.0 Å². The Bertz CT molecular complexity index is 490. The third kappa shape index (κ3) is 4.28. The van der Waals surface area contributed by atoms with Crippen LogP contribution in [0, 0.1) is 0 Å². The van der Waals surface area contributed by atoms with Gasteiger partial charge in [-0.05, 0) is 32.9 Å². The Morgan fingerprint density at radius 2 is 2.10 bits per heavy atom. The molecule has 1 aromatic carbocycles. The molecule has 0 unspecified atom stereocenters. The van der Waals surface area contributed by atoms with Crippen LogP contribution in [0.1, 0.15) is 31.1 Å². The molecule has 1 aromatic rings. The number of halogens is 1. The summed E-state index contributed by atoms with van der Waals surface area (Å²) in [4.78, 5) is 12.0. The highest BCUT2D eigenvalue weighted by molar-refractivity contribution is 6.34.